The van der Waals surface area contributed by atoms with Crippen molar-refractivity contribution in [1.82, 2.24) is 4.98 Å². The van der Waals surface area contributed by atoms with Crippen molar-refractivity contribution in [3.8, 4) is 11.8 Å². The predicted molar refractivity (Wildman–Crippen MR) is 96.1 cm³/mol. The number of alkyl halides is 3. The molecule has 1 aromatic heterocycles. The van der Waals surface area contributed by atoms with Crippen LogP contribution in [0.15, 0.2) is 41.5 Å². The number of pyridine rings is 1. The van der Waals surface area contributed by atoms with Crippen molar-refractivity contribution in [3.05, 3.63) is 64.2 Å². The Morgan fingerprint density at radius 1 is 1.21 bits per heavy atom. The molecule has 1 aliphatic rings. The Bertz CT molecular complexity index is 979. The third-order valence-corrected chi connectivity index (χ3v) is 4.42. The Morgan fingerprint density at radius 3 is 2.54 bits per heavy atom. The fourth-order valence-corrected chi connectivity index (χ4v) is 2.94. The van der Waals surface area contributed by atoms with Crippen LogP contribution in [0.3, 0.4) is 0 Å². The van der Waals surface area contributed by atoms with E-state index in [1.165, 1.54) is 25.3 Å². The molecule has 3 rings (SSSR count). The van der Waals surface area contributed by atoms with Gasteiger partial charge >= 0.3 is 6.18 Å². The summed E-state index contributed by atoms with van der Waals surface area (Å²) in [5.41, 5.74) is 4.81. The molecule has 0 bridgehead atoms. The van der Waals surface area contributed by atoms with Crippen LogP contribution in [0.4, 0.5) is 17.6 Å². The van der Waals surface area contributed by atoms with Crippen LogP contribution in [0.2, 0.25) is 5.15 Å². The standard InChI is InChI=1S/C19H14ClF4N3O/c1-18(9-15(19(22,23)24)28-17(25)27-18)13-8-11(4-6-14(13)21)2-3-12-5-7-16(20)26-10-12/h4-8,10,15H,9H2,1H3,(H2,25,27)/t15-,18-/m0/s1. The Morgan fingerprint density at radius 2 is 1.89 bits per heavy atom. The molecule has 2 aromatic rings. The van der Waals surface area contributed by atoms with E-state index in [0.29, 0.717) is 16.3 Å². The maximum absolute atomic E-state index is 14.5. The number of amidine groups is 1. The van der Waals surface area contributed by atoms with Crippen molar-refractivity contribution in [3.63, 3.8) is 0 Å². The highest BCUT2D eigenvalue weighted by Crippen LogP contribution is 2.40. The van der Waals surface area contributed by atoms with Crippen molar-refractivity contribution in [2.45, 2.75) is 31.2 Å². The van der Waals surface area contributed by atoms with E-state index in [1.54, 1.807) is 12.1 Å². The molecule has 0 aliphatic carbocycles. The third-order valence-electron chi connectivity index (χ3n) is 4.19. The summed E-state index contributed by atoms with van der Waals surface area (Å²) < 4.78 is 58.4. The second-order valence-corrected chi connectivity index (χ2v) is 6.78. The van der Waals surface area contributed by atoms with Crippen molar-refractivity contribution in [2.24, 2.45) is 10.7 Å². The molecule has 2 atom stereocenters. The first kappa shape index (κ1) is 20.0. The number of aliphatic imine (C=N–C) groups is 1. The molecule has 0 saturated heterocycles. The lowest BCUT2D eigenvalue weighted by Crippen LogP contribution is -2.46. The zero-order valence-corrected chi connectivity index (χ0v) is 15.3. The minimum atomic E-state index is -4.66. The van der Waals surface area contributed by atoms with E-state index in [-0.39, 0.29) is 5.56 Å². The van der Waals surface area contributed by atoms with Crippen LogP contribution in [0, 0.1) is 17.7 Å². The van der Waals surface area contributed by atoms with E-state index >= 15 is 0 Å². The maximum atomic E-state index is 14.5. The molecule has 1 aliphatic heterocycles. The molecule has 4 nitrogen and oxygen atoms in total. The number of nitrogens with zero attached hydrogens (tertiary/aromatic N) is 2. The summed E-state index contributed by atoms with van der Waals surface area (Å²) >= 11 is 5.71. The molecule has 0 radical (unpaired) electrons. The average molecular weight is 412 g/mol. The van der Waals surface area contributed by atoms with Gasteiger partial charge in [-0.25, -0.2) is 14.4 Å². The lowest BCUT2D eigenvalue weighted by molar-refractivity contribution is -0.208. The molecule has 0 saturated carbocycles. The molecule has 1 aromatic carbocycles. The Balaban J connectivity index is 1.97. The summed E-state index contributed by atoms with van der Waals surface area (Å²) in [6.07, 6.45) is -5.97. The highest BCUT2D eigenvalue weighted by molar-refractivity contribution is 6.29. The Hall–Kier alpha value is -2.79. The number of rotatable bonds is 1. The summed E-state index contributed by atoms with van der Waals surface area (Å²) in [4.78, 5) is 7.84. The van der Waals surface area contributed by atoms with Crippen LogP contribution in [0.1, 0.15) is 30.0 Å². The van der Waals surface area contributed by atoms with Gasteiger partial charge in [0, 0.05) is 29.3 Å². The SMILES string of the molecule is C[C@@]1(c2cc(C#Cc3ccc(Cl)nc3)ccc2F)C[C@@H](C(F)(F)F)OC(N)=N1. The Labute approximate surface area is 163 Å². The zero-order valence-electron chi connectivity index (χ0n) is 14.5. The van der Waals surface area contributed by atoms with E-state index < -0.39 is 36.1 Å². The largest absolute Gasteiger partial charge is 0.452 e. The molecule has 0 unspecified atom stereocenters. The van der Waals surface area contributed by atoms with Gasteiger partial charge in [0.05, 0.1) is 5.54 Å². The van der Waals surface area contributed by atoms with E-state index in [0.717, 1.165) is 6.07 Å². The van der Waals surface area contributed by atoms with Gasteiger partial charge in [0.15, 0.2) is 6.10 Å². The lowest BCUT2D eigenvalue weighted by Gasteiger charge is -2.35. The number of hydrogen-bond donors (Lipinski definition) is 1. The molecule has 0 amide bonds. The van der Waals surface area contributed by atoms with Gasteiger partial charge in [0.25, 0.3) is 6.02 Å². The average Bonchev–Trinajstić information content (AvgIpc) is 2.61. The first-order valence-corrected chi connectivity index (χ1v) is 8.47. The molecule has 2 heterocycles. The molecular weight excluding hydrogens is 398 g/mol. The molecular formula is C19H14ClF4N3O. The van der Waals surface area contributed by atoms with Gasteiger partial charge in [-0.3, -0.25) is 0 Å². The molecule has 9 heteroatoms. The molecule has 28 heavy (non-hydrogen) atoms. The molecule has 0 fully saturated rings. The van der Waals surface area contributed by atoms with Crippen LogP contribution in [-0.2, 0) is 10.3 Å². The first-order chi connectivity index (χ1) is 13.1. The molecule has 2 N–H and O–H groups in total. The second-order valence-electron chi connectivity index (χ2n) is 6.39. The summed E-state index contributed by atoms with van der Waals surface area (Å²) in [6.45, 7) is 1.37. The normalized spacial score (nSPS) is 21.9. The maximum Gasteiger partial charge on any atom is 0.425 e. The number of hydrogen-bond acceptors (Lipinski definition) is 4. The summed E-state index contributed by atoms with van der Waals surface area (Å²) in [5.74, 6) is 4.95. The van der Waals surface area contributed by atoms with Gasteiger partial charge in [-0.05, 0) is 37.3 Å². The van der Waals surface area contributed by atoms with Crippen LogP contribution in [-0.4, -0.2) is 23.3 Å². The van der Waals surface area contributed by atoms with Crippen molar-refractivity contribution >= 4 is 17.6 Å². The van der Waals surface area contributed by atoms with Gasteiger partial charge in [-0.2, -0.15) is 13.2 Å². The quantitative estimate of drug-likeness (QED) is 0.435. The molecule has 146 valence electrons. The first-order valence-electron chi connectivity index (χ1n) is 8.09. The van der Waals surface area contributed by atoms with Gasteiger partial charge < -0.3 is 10.5 Å². The Kier molecular flexibility index (Phi) is 5.22. The number of aromatic nitrogens is 1. The van der Waals surface area contributed by atoms with Crippen molar-refractivity contribution in [2.75, 3.05) is 0 Å². The lowest BCUT2D eigenvalue weighted by atomic mass is 9.84. The fraction of sp³-hybridized carbons (Fsp3) is 0.263. The highest BCUT2D eigenvalue weighted by Gasteiger charge is 2.50. The molecule has 0 spiro atoms. The van der Waals surface area contributed by atoms with Crippen molar-refractivity contribution in [1.29, 1.82) is 0 Å². The van der Waals surface area contributed by atoms with Crippen LogP contribution in [0.25, 0.3) is 0 Å². The van der Waals surface area contributed by atoms with Gasteiger partial charge in [-0.15, -0.1) is 0 Å². The van der Waals surface area contributed by atoms with Crippen LogP contribution < -0.4 is 5.73 Å². The minimum absolute atomic E-state index is 0.0472. The number of ether oxygens (including phenoxy) is 1. The summed E-state index contributed by atoms with van der Waals surface area (Å²) in [7, 11) is 0. The topological polar surface area (TPSA) is 60.5 Å². The van der Waals surface area contributed by atoms with Gasteiger partial charge in [0.2, 0.25) is 0 Å². The predicted octanol–water partition coefficient (Wildman–Crippen LogP) is 4.16. The minimum Gasteiger partial charge on any atom is -0.452 e. The highest BCUT2D eigenvalue weighted by atomic mass is 35.5. The number of benzene rings is 1. The van der Waals surface area contributed by atoms with E-state index in [9.17, 15) is 17.6 Å². The zero-order chi connectivity index (χ0) is 20.5. The smallest absolute Gasteiger partial charge is 0.425 e. The van der Waals surface area contributed by atoms with Gasteiger partial charge in [-0.1, -0.05) is 23.4 Å². The fourth-order valence-electron chi connectivity index (χ4n) is 2.83. The number of halogens is 5. The van der Waals surface area contributed by atoms with Crippen LogP contribution >= 0.6 is 11.6 Å². The van der Waals surface area contributed by atoms with E-state index in [2.05, 4.69) is 26.6 Å². The van der Waals surface area contributed by atoms with Crippen molar-refractivity contribution < 1.29 is 22.3 Å². The van der Waals surface area contributed by atoms with E-state index in [4.69, 9.17) is 17.3 Å². The van der Waals surface area contributed by atoms with Gasteiger partial charge in [0.1, 0.15) is 11.0 Å². The third kappa shape index (κ3) is 4.37. The summed E-state index contributed by atoms with van der Waals surface area (Å²) in [6, 6.07) is 6.51. The second kappa shape index (κ2) is 7.32. The van der Waals surface area contributed by atoms with E-state index in [1.807, 2.05) is 0 Å². The summed E-state index contributed by atoms with van der Waals surface area (Å²) in [5, 5.41) is 0.316. The monoisotopic (exact) mass is 411 g/mol. The number of nitrogens with two attached hydrogens (primary N) is 1. The van der Waals surface area contributed by atoms with Crippen LogP contribution in [0.5, 0.6) is 0 Å².